The Morgan fingerprint density at radius 1 is 1.18 bits per heavy atom. The summed E-state index contributed by atoms with van der Waals surface area (Å²) in [5.41, 5.74) is 3.93. The number of hydrogen-bond acceptors (Lipinski definition) is 2. The number of hydrogen-bond donors (Lipinski definition) is 1. The van der Waals surface area contributed by atoms with Crippen LogP contribution in [0.2, 0.25) is 0 Å². The molecule has 1 aliphatic heterocycles. The van der Waals surface area contributed by atoms with E-state index in [1.807, 2.05) is 0 Å². The van der Waals surface area contributed by atoms with E-state index in [2.05, 4.69) is 41.7 Å². The minimum Gasteiger partial charge on any atom is -0.364 e. The maximum absolute atomic E-state index is 4.81. The van der Waals surface area contributed by atoms with E-state index in [0.29, 0.717) is 0 Å². The standard InChI is InChI=1S/C15H18N2/c1-2-7-13(8-3-1)16-15-11-10-12-6-4-5-9-14(12)17-15/h2,4-7,9,15,17H,1,3,8,10-11H2. The molecular weight excluding hydrogens is 208 g/mol. The number of aliphatic imine (C=N–C) groups is 1. The molecule has 3 rings (SSSR count). The molecule has 1 N–H and O–H groups in total. The first-order valence-corrected chi connectivity index (χ1v) is 6.49. The van der Waals surface area contributed by atoms with Gasteiger partial charge in [-0.05, 0) is 49.8 Å². The summed E-state index contributed by atoms with van der Waals surface area (Å²) in [6.45, 7) is 0. The fraction of sp³-hybridized carbons (Fsp3) is 0.400. The minimum absolute atomic E-state index is 0.266. The third kappa shape index (κ3) is 2.41. The lowest BCUT2D eigenvalue weighted by Crippen LogP contribution is -2.24. The predicted molar refractivity (Wildman–Crippen MR) is 72.6 cm³/mol. The van der Waals surface area contributed by atoms with Gasteiger partial charge in [-0.25, -0.2) is 0 Å². The summed E-state index contributed by atoms with van der Waals surface area (Å²) < 4.78 is 0. The number of allylic oxidation sites excluding steroid dienone is 2. The van der Waals surface area contributed by atoms with Crippen molar-refractivity contribution in [2.24, 2.45) is 4.99 Å². The number of aryl methyl sites for hydroxylation is 1. The molecule has 0 saturated carbocycles. The molecule has 1 unspecified atom stereocenters. The Kier molecular flexibility index (Phi) is 2.95. The van der Waals surface area contributed by atoms with Crippen molar-refractivity contribution in [3.8, 4) is 0 Å². The normalized spacial score (nSPS) is 25.4. The minimum atomic E-state index is 0.266. The van der Waals surface area contributed by atoms with E-state index in [-0.39, 0.29) is 6.17 Å². The van der Waals surface area contributed by atoms with Crippen LogP contribution >= 0.6 is 0 Å². The zero-order valence-electron chi connectivity index (χ0n) is 10.0. The van der Waals surface area contributed by atoms with E-state index in [0.717, 1.165) is 19.3 Å². The molecule has 0 aromatic heterocycles. The second-order valence-electron chi connectivity index (χ2n) is 4.77. The molecular formula is C15H18N2. The number of anilines is 1. The van der Waals surface area contributed by atoms with Gasteiger partial charge in [0, 0.05) is 11.4 Å². The number of fused-ring (bicyclic) bond motifs is 1. The van der Waals surface area contributed by atoms with E-state index in [4.69, 9.17) is 4.99 Å². The van der Waals surface area contributed by atoms with Gasteiger partial charge < -0.3 is 5.32 Å². The van der Waals surface area contributed by atoms with Gasteiger partial charge in [-0.2, -0.15) is 0 Å². The highest BCUT2D eigenvalue weighted by molar-refractivity contribution is 5.95. The van der Waals surface area contributed by atoms with E-state index < -0.39 is 0 Å². The van der Waals surface area contributed by atoms with Crippen LogP contribution in [-0.2, 0) is 6.42 Å². The van der Waals surface area contributed by atoms with Crippen LogP contribution in [0.1, 0.15) is 31.2 Å². The molecule has 2 aliphatic rings. The van der Waals surface area contributed by atoms with Crippen LogP contribution in [0, 0.1) is 0 Å². The summed E-state index contributed by atoms with van der Waals surface area (Å²) in [7, 11) is 0. The predicted octanol–water partition coefficient (Wildman–Crippen LogP) is 3.55. The van der Waals surface area contributed by atoms with Gasteiger partial charge in [0.1, 0.15) is 6.17 Å². The van der Waals surface area contributed by atoms with Crippen LogP contribution in [0.5, 0.6) is 0 Å². The van der Waals surface area contributed by atoms with Gasteiger partial charge in [-0.1, -0.05) is 24.3 Å². The zero-order valence-corrected chi connectivity index (χ0v) is 10.0. The molecule has 0 fully saturated rings. The van der Waals surface area contributed by atoms with Gasteiger partial charge in [-0.3, -0.25) is 4.99 Å². The number of benzene rings is 1. The maximum atomic E-state index is 4.81. The number of nitrogens with one attached hydrogen (secondary N) is 1. The van der Waals surface area contributed by atoms with Gasteiger partial charge in [0.05, 0.1) is 0 Å². The Balaban J connectivity index is 1.76. The molecule has 0 radical (unpaired) electrons. The fourth-order valence-electron chi connectivity index (χ4n) is 2.53. The average molecular weight is 226 g/mol. The Morgan fingerprint density at radius 3 is 3.00 bits per heavy atom. The largest absolute Gasteiger partial charge is 0.364 e. The average Bonchev–Trinajstić information content (AvgIpc) is 2.40. The first-order valence-electron chi connectivity index (χ1n) is 6.49. The quantitative estimate of drug-likeness (QED) is 0.778. The summed E-state index contributed by atoms with van der Waals surface area (Å²) >= 11 is 0. The molecule has 0 spiro atoms. The SMILES string of the molecule is C1=CC(=NC2CCc3ccccc3N2)CCC1. The van der Waals surface area contributed by atoms with Crippen LogP contribution in [0.4, 0.5) is 5.69 Å². The van der Waals surface area contributed by atoms with Crippen LogP contribution in [-0.4, -0.2) is 11.9 Å². The molecule has 0 amide bonds. The van der Waals surface area contributed by atoms with Crippen molar-refractivity contribution in [2.75, 3.05) is 5.32 Å². The Labute approximate surface area is 102 Å². The highest BCUT2D eigenvalue weighted by Gasteiger charge is 2.16. The second kappa shape index (κ2) is 4.74. The van der Waals surface area contributed by atoms with E-state index in [9.17, 15) is 0 Å². The highest BCUT2D eigenvalue weighted by atomic mass is 15.1. The molecule has 1 aromatic carbocycles. The molecule has 1 aromatic rings. The summed E-state index contributed by atoms with van der Waals surface area (Å²) in [6, 6.07) is 8.54. The van der Waals surface area contributed by atoms with Crippen LogP contribution in [0.25, 0.3) is 0 Å². The lowest BCUT2D eigenvalue weighted by molar-refractivity contribution is 0.655. The molecule has 0 bridgehead atoms. The Bertz CT molecular complexity index is 460. The third-order valence-electron chi connectivity index (χ3n) is 3.46. The molecule has 88 valence electrons. The van der Waals surface area contributed by atoms with Crippen LogP contribution < -0.4 is 5.32 Å². The summed E-state index contributed by atoms with van der Waals surface area (Å²) in [5, 5.41) is 3.52. The van der Waals surface area contributed by atoms with Crippen molar-refractivity contribution in [3.05, 3.63) is 42.0 Å². The maximum Gasteiger partial charge on any atom is 0.119 e. The lowest BCUT2D eigenvalue weighted by atomic mass is 10.0. The van der Waals surface area contributed by atoms with Crippen molar-refractivity contribution in [1.29, 1.82) is 0 Å². The fourth-order valence-corrected chi connectivity index (χ4v) is 2.53. The van der Waals surface area contributed by atoms with Crippen molar-refractivity contribution in [3.63, 3.8) is 0 Å². The summed E-state index contributed by atoms with van der Waals surface area (Å²) in [5.74, 6) is 0. The topological polar surface area (TPSA) is 24.4 Å². The molecule has 0 saturated heterocycles. The van der Waals surface area contributed by atoms with Crippen LogP contribution in [0.3, 0.4) is 0 Å². The Morgan fingerprint density at radius 2 is 2.12 bits per heavy atom. The molecule has 1 atom stereocenters. The highest BCUT2D eigenvalue weighted by Crippen LogP contribution is 2.25. The van der Waals surface area contributed by atoms with Crippen molar-refractivity contribution in [1.82, 2.24) is 0 Å². The zero-order chi connectivity index (χ0) is 11.5. The summed E-state index contributed by atoms with van der Waals surface area (Å²) in [6.07, 6.45) is 10.5. The second-order valence-corrected chi connectivity index (χ2v) is 4.77. The summed E-state index contributed by atoms with van der Waals surface area (Å²) in [4.78, 5) is 4.81. The number of nitrogens with zero attached hydrogens (tertiary/aromatic N) is 1. The van der Waals surface area contributed by atoms with Crippen molar-refractivity contribution in [2.45, 2.75) is 38.3 Å². The van der Waals surface area contributed by atoms with Crippen LogP contribution in [0.15, 0.2) is 41.4 Å². The van der Waals surface area contributed by atoms with E-state index in [1.54, 1.807) is 0 Å². The van der Waals surface area contributed by atoms with Gasteiger partial charge in [0.2, 0.25) is 0 Å². The van der Waals surface area contributed by atoms with Crippen molar-refractivity contribution < 1.29 is 0 Å². The van der Waals surface area contributed by atoms with Crippen molar-refractivity contribution >= 4 is 11.4 Å². The molecule has 2 nitrogen and oxygen atoms in total. The van der Waals surface area contributed by atoms with E-state index >= 15 is 0 Å². The molecule has 1 heterocycles. The van der Waals surface area contributed by atoms with Gasteiger partial charge in [0.25, 0.3) is 0 Å². The smallest absolute Gasteiger partial charge is 0.119 e. The molecule has 2 heteroatoms. The first kappa shape index (κ1) is 10.6. The first-order chi connectivity index (χ1) is 8.42. The number of rotatable bonds is 1. The monoisotopic (exact) mass is 226 g/mol. The molecule has 1 aliphatic carbocycles. The Hall–Kier alpha value is -1.57. The molecule has 17 heavy (non-hydrogen) atoms. The third-order valence-corrected chi connectivity index (χ3v) is 3.46. The number of para-hydroxylation sites is 1. The van der Waals surface area contributed by atoms with Gasteiger partial charge >= 0.3 is 0 Å². The van der Waals surface area contributed by atoms with Gasteiger partial charge in [0.15, 0.2) is 0 Å². The lowest BCUT2D eigenvalue weighted by Gasteiger charge is -2.25. The van der Waals surface area contributed by atoms with Gasteiger partial charge in [-0.15, -0.1) is 0 Å². The van der Waals surface area contributed by atoms with E-state index in [1.165, 1.54) is 29.8 Å².